The number of nitrogens with one attached hydrogen (secondary N) is 2. The average Bonchev–Trinajstić information content (AvgIpc) is 2.81. The number of benzene rings is 1. The summed E-state index contributed by atoms with van der Waals surface area (Å²) in [6.07, 6.45) is 1.74. The number of hydrogen-bond acceptors (Lipinski definition) is 2. The summed E-state index contributed by atoms with van der Waals surface area (Å²) in [5.41, 5.74) is 1.13. The Morgan fingerprint density at radius 2 is 2.44 bits per heavy atom. The second kappa shape index (κ2) is 6.34. The van der Waals surface area contributed by atoms with E-state index in [2.05, 4.69) is 26.6 Å². The zero-order valence-electron chi connectivity index (χ0n) is 10.6. The maximum absolute atomic E-state index is 11.9. The van der Waals surface area contributed by atoms with Crippen molar-refractivity contribution >= 4 is 21.8 Å². The van der Waals surface area contributed by atoms with Crippen molar-refractivity contribution in [2.24, 2.45) is 5.92 Å². The zero-order valence-corrected chi connectivity index (χ0v) is 12.2. The molecule has 0 spiro atoms. The minimum absolute atomic E-state index is 0.0596. The molecule has 0 aliphatic carbocycles. The highest BCUT2D eigenvalue weighted by Gasteiger charge is 2.19. The molecule has 1 fully saturated rings. The maximum atomic E-state index is 11.9. The summed E-state index contributed by atoms with van der Waals surface area (Å²) >= 11 is 3.45. The van der Waals surface area contributed by atoms with Crippen LogP contribution in [0.15, 0.2) is 28.7 Å². The number of carbonyl (C=O) groups is 1. The molecule has 0 bridgehead atoms. The van der Waals surface area contributed by atoms with Gasteiger partial charge in [0.15, 0.2) is 0 Å². The van der Waals surface area contributed by atoms with Gasteiger partial charge in [0.1, 0.15) is 0 Å². The number of amides is 1. The molecular weight excluding hydrogens is 292 g/mol. The van der Waals surface area contributed by atoms with Gasteiger partial charge in [-0.05, 0) is 50.0 Å². The molecule has 2 atom stereocenters. The van der Waals surface area contributed by atoms with Crippen LogP contribution >= 0.6 is 15.9 Å². The van der Waals surface area contributed by atoms with Gasteiger partial charge in [0.05, 0.1) is 6.04 Å². The SMILES string of the molecule is C[C@@H](NC(=O)CC1CCNC1)c1cccc(Br)c1. The minimum Gasteiger partial charge on any atom is -0.350 e. The van der Waals surface area contributed by atoms with Crippen molar-refractivity contribution in [2.45, 2.75) is 25.8 Å². The van der Waals surface area contributed by atoms with Crippen molar-refractivity contribution in [3.63, 3.8) is 0 Å². The predicted molar refractivity (Wildman–Crippen MR) is 76.3 cm³/mol. The lowest BCUT2D eigenvalue weighted by molar-refractivity contribution is -0.122. The lowest BCUT2D eigenvalue weighted by Gasteiger charge is -2.16. The third kappa shape index (κ3) is 3.82. The van der Waals surface area contributed by atoms with Crippen LogP contribution in [0.3, 0.4) is 0 Å². The molecule has 1 heterocycles. The molecule has 18 heavy (non-hydrogen) atoms. The lowest BCUT2D eigenvalue weighted by atomic mass is 10.0. The van der Waals surface area contributed by atoms with Gasteiger partial charge in [-0.1, -0.05) is 28.1 Å². The fourth-order valence-electron chi connectivity index (χ4n) is 2.31. The van der Waals surface area contributed by atoms with E-state index in [9.17, 15) is 4.79 Å². The van der Waals surface area contributed by atoms with Gasteiger partial charge in [0.2, 0.25) is 5.91 Å². The van der Waals surface area contributed by atoms with Crippen LogP contribution < -0.4 is 10.6 Å². The molecule has 1 aromatic rings. The van der Waals surface area contributed by atoms with E-state index in [-0.39, 0.29) is 11.9 Å². The van der Waals surface area contributed by atoms with Crippen LogP contribution in [-0.2, 0) is 4.79 Å². The Balaban J connectivity index is 1.86. The Labute approximate surface area is 116 Å². The van der Waals surface area contributed by atoms with E-state index >= 15 is 0 Å². The quantitative estimate of drug-likeness (QED) is 0.897. The Bertz CT molecular complexity index is 416. The monoisotopic (exact) mass is 310 g/mol. The van der Waals surface area contributed by atoms with E-state index in [1.165, 1.54) is 0 Å². The van der Waals surface area contributed by atoms with E-state index in [1.807, 2.05) is 31.2 Å². The first-order valence-corrected chi connectivity index (χ1v) is 7.20. The van der Waals surface area contributed by atoms with Gasteiger partial charge >= 0.3 is 0 Å². The summed E-state index contributed by atoms with van der Waals surface area (Å²) in [6.45, 7) is 4.03. The number of rotatable bonds is 4. The molecule has 1 saturated heterocycles. The standard InChI is InChI=1S/C14H19BrN2O/c1-10(12-3-2-4-13(15)8-12)17-14(18)7-11-5-6-16-9-11/h2-4,8,10-11,16H,5-7,9H2,1H3,(H,17,18)/t10-,11?/m1/s1. The van der Waals surface area contributed by atoms with E-state index < -0.39 is 0 Å². The smallest absolute Gasteiger partial charge is 0.220 e. The normalized spacial score (nSPS) is 20.7. The first-order valence-electron chi connectivity index (χ1n) is 6.40. The van der Waals surface area contributed by atoms with Crippen molar-refractivity contribution in [3.8, 4) is 0 Å². The molecule has 4 heteroatoms. The Hall–Kier alpha value is -0.870. The van der Waals surface area contributed by atoms with Gasteiger partial charge in [-0.15, -0.1) is 0 Å². The number of carbonyl (C=O) groups excluding carboxylic acids is 1. The van der Waals surface area contributed by atoms with Crippen LogP contribution in [0.1, 0.15) is 31.4 Å². The molecule has 1 amide bonds. The average molecular weight is 311 g/mol. The Morgan fingerprint density at radius 1 is 1.61 bits per heavy atom. The molecule has 0 radical (unpaired) electrons. The molecule has 3 nitrogen and oxygen atoms in total. The Morgan fingerprint density at radius 3 is 3.11 bits per heavy atom. The number of hydrogen-bond donors (Lipinski definition) is 2. The molecular formula is C14H19BrN2O. The topological polar surface area (TPSA) is 41.1 Å². The highest BCUT2D eigenvalue weighted by molar-refractivity contribution is 9.10. The van der Waals surface area contributed by atoms with Gasteiger partial charge < -0.3 is 10.6 Å². The summed E-state index contributed by atoms with van der Waals surface area (Å²) in [5, 5.41) is 6.35. The first-order chi connectivity index (χ1) is 8.65. The van der Waals surface area contributed by atoms with Crippen molar-refractivity contribution < 1.29 is 4.79 Å². The summed E-state index contributed by atoms with van der Waals surface area (Å²) in [7, 11) is 0. The highest BCUT2D eigenvalue weighted by Crippen LogP contribution is 2.19. The third-order valence-corrected chi connectivity index (χ3v) is 3.86. The van der Waals surface area contributed by atoms with E-state index in [1.54, 1.807) is 0 Å². The van der Waals surface area contributed by atoms with Crippen LogP contribution in [0.2, 0.25) is 0 Å². The fraction of sp³-hybridized carbons (Fsp3) is 0.500. The Kier molecular flexibility index (Phi) is 4.78. The van der Waals surface area contributed by atoms with Crippen LogP contribution in [0, 0.1) is 5.92 Å². The summed E-state index contributed by atoms with van der Waals surface area (Å²) in [6, 6.07) is 8.12. The van der Waals surface area contributed by atoms with E-state index in [4.69, 9.17) is 0 Å². The fourth-order valence-corrected chi connectivity index (χ4v) is 2.73. The molecule has 1 aromatic carbocycles. The minimum atomic E-state index is 0.0596. The van der Waals surface area contributed by atoms with Gasteiger partial charge in [-0.25, -0.2) is 0 Å². The predicted octanol–water partition coefficient (Wildman–Crippen LogP) is 2.63. The lowest BCUT2D eigenvalue weighted by Crippen LogP contribution is -2.28. The molecule has 1 aliphatic rings. The van der Waals surface area contributed by atoms with Crippen LogP contribution in [-0.4, -0.2) is 19.0 Å². The van der Waals surface area contributed by atoms with Gasteiger partial charge in [0, 0.05) is 10.9 Å². The number of halogens is 1. The first kappa shape index (κ1) is 13.6. The molecule has 0 aromatic heterocycles. The molecule has 1 aliphatic heterocycles. The third-order valence-electron chi connectivity index (χ3n) is 3.36. The van der Waals surface area contributed by atoms with Crippen LogP contribution in [0.5, 0.6) is 0 Å². The maximum Gasteiger partial charge on any atom is 0.220 e. The van der Waals surface area contributed by atoms with E-state index in [0.717, 1.165) is 29.5 Å². The second-order valence-corrected chi connectivity index (χ2v) is 5.82. The zero-order chi connectivity index (χ0) is 13.0. The molecule has 2 rings (SSSR count). The van der Waals surface area contributed by atoms with Gasteiger partial charge in [-0.2, -0.15) is 0 Å². The van der Waals surface area contributed by atoms with Crippen molar-refractivity contribution in [3.05, 3.63) is 34.3 Å². The summed E-state index contributed by atoms with van der Waals surface area (Å²) in [5.74, 6) is 0.649. The summed E-state index contributed by atoms with van der Waals surface area (Å²) < 4.78 is 1.04. The second-order valence-electron chi connectivity index (χ2n) is 4.91. The van der Waals surface area contributed by atoms with Crippen LogP contribution in [0.4, 0.5) is 0 Å². The largest absolute Gasteiger partial charge is 0.350 e. The van der Waals surface area contributed by atoms with E-state index in [0.29, 0.717) is 12.3 Å². The summed E-state index contributed by atoms with van der Waals surface area (Å²) in [4.78, 5) is 11.9. The van der Waals surface area contributed by atoms with Gasteiger partial charge in [-0.3, -0.25) is 4.79 Å². The van der Waals surface area contributed by atoms with Gasteiger partial charge in [0.25, 0.3) is 0 Å². The molecule has 0 saturated carbocycles. The van der Waals surface area contributed by atoms with Crippen LogP contribution in [0.25, 0.3) is 0 Å². The molecule has 2 N–H and O–H groups in total. The van der Waals surface area contributed by atoms with Crippen molar-refractivity contribution in [1.29, 1.82) is 0 Å². The molecule has 1 unspecified atom stereocenters. The molecule has 98 valence electrons. The highest BCUT2D eigenvalue weighted by atomic mass is 79.9. The van der Waals surface area contributed by atoms with Crippen molar-refractivity contribution in [1.82, 2.24) is 10.6 Å². The van der Waals surface area contributed by atoms with Crippen molar-refractivity contribution in [2.75, 3.05) is 13.1 Å².